The first-order valence-electron chi connectivity index (χ1n) is 6.50. The molecule has 19 heavy (non-hydrogen) atoms. The Balaban J connectivity index is 2.79. The van der Waals surface area contributed by atoms with E-state index in [-0.39, 0.29) is 12.5 Å². The van der Waals surface area contributed by atoms with Crippen LogP contribution in [0.3, 0.4) is 0 Å². The normalized spacial score (nSPS) is 10.4. The molecule has 1 amide bonds. The number of aryl methyl sites for hydroxylation is 1. The highest BCUT2D eigenvalue weighted by molar-refractivity contribution is 6.30. The number of halogens is 1. The fourth-order valence-electron chi connectivity index (χ4n) is 1.51. The number of rotatable bonds is 6. The Morgan fingerprint density at radius 2 is 2.05 bits per heavy atom. The van der Waals surface area contributed by atoms with Crippen molar-refractivity contribution in [2.24, 2.45) is 0 Å². The summed E-state index contributed by atoms with van der Waals surface area (Å²) >= 11 is 6.07. The molecule has 0 aliphatic carbocycles. The molecule has 1 aromatic heterocycles. The molecule has 0 spiro atoms. The number of hydrogen-bond donors (Lipinski definition) is 1. The van der Waals surface area contributed by atoms with Crippen LogP contribution in [0.5, 0.6) is 0 Å². The predicted octanol–water partition coefficient (Wildman–Crippen LogP) is 2.28. The van der Waals surface area contributed by atoms with E-state index in [1.165, 1.54) is 0 Å². The zero-order chi connectivity index (χ0) is 14.4. The monoisotopic (exact) mass is 284 g/mol. The molecule has 0 saturated carbocycles. The van der Waals surface area contributed by atoms with E-state index in [1.54, 1.807) is 11.9 Å². The molecule has 0 saturated heterocycles. The first-order chi connectivity index (χ1) is 8.99. The Morgan fingerprint density at radius 3 is 2.63 bits per heavy atom. The van der Waals surface area contributed by atoms with Crippen molar-refractivity contribution >= 4 is 23.3 Å². The largest absolute Gasteiger partial charge is 0.361 e. The van der Waals surface area contributed by atoms with Gasteiger partial charge >= 0.3 is 0 Å². The molecule has 0 aromatic carbocycles. The van der Waals surface area contributed by atoms with Crippen LogP contribution in [0.2, 0.25) is 5.15 Å². The van der Waals surface area contributed by atoms with Crippen LogP contribution in [0.25, 0.3) is 0 Å². The molecule has 0 radical (unpaired) electrons. The lowest BCUT2D eigenvalue weighted by Gasteiger charge is -2.16. The van der Waals surface area contributed by atoms with E-state index in [0.717, 1.165) is 18.4 Å². The van der Waals surface area contributed by atoms with Gasteiger partial charge in [0.15, 0.2) is 0 Å². The van der Waals surface area contributed by atoms with Crippen LogP contribution in [0, 0.1) is 6.92 Å². The fourth-order valence-corrected chi connectivity index (χ4v) is 1.70. The fraction of sp³-hybridized carbons (Fsp3) is 0.615. The highest BCUT2D eigenvalue weighted by Crippen LogP contribution is 2.20. The summed E-state index contributed by atoms with van der Waals surface area (Å²) < 4.78 is 0. The van der Waals surface area contributed by atoms with Gasteiger partial charge in [0.05, 0.1) is 6.54 Å². The topological polar surface area (TPSA) is 58.1 Å². The summed E-state index contributed by atoms with van der Waals surface area (Å²) in [6.45, 7) is 6.73. The lowest BCUT2D eigenvalue weighted by atomic mass is 10.3. The van der Waals surface area contributed by atoms with Gasteiger partial charge < -0.3 is 10.2 Å². The number of aromatic nitrogens is 2. The molecule has 106 valence electrons. The van der Waals surface area contributed by atoms with Gasteiger partial charge in [0.1, 0.15) is 16.8 Å². The van der Waals surface area contributed by atoms with Crippen LogP contribution in [-0.4, -0.2) is 40.9 Å². The second-order valence-electron chi connectivity index (χ2n) is 4.42. The molecule has 0 fully saturated rings. The molecular weight excluding hydrogens is 264 g/mol. The third-order valence-electron chi connectivity index (χ3n) is 2.91. The van der Waals surface area contributed by atoms with Crippen molar-refractivity contribution in [1.82, 2.24) is 14.9 Å². The lowest BCUT2D eigenvalue weighted by Crippen LogP contribution is -2.32. The Morgan fingerprint density at radius 1 is 1.37 bits per heavy atom. The van der Waals surface area contributed by atoms with Gasteiger partial charge in [-0.15, -0.1) is 0 Å². The van der Waals surface area contributed by atoms with Crippen molar-refractivity contribution in [2.75, 3.05) is 25.5 Å². The average molecular weight is 285 g/mol. The van der Waals surface area contributed by atoms with E-state index in [1.807, 2.05) is 13.8 Å². The van der Waals surface area contributed by atoms with Gasteiger partial charge in [-0.2, -0.15) is 0 Å². The predicted molar refractivity (Wildman–Crippen MR) is 77.6 cm³/mol. The molecule has 1 N–H and O–H groups in total. The molecule has 6 heteroatoms. The standard InChI is InChI=1S/C13H21ClN4O/c1-5-7-10-16-12(14)9(3)13(17-10)15-8-11(19)18(4)6-2/h5-8H2,1-4H3,(H,15,16,17). The number of carbonyl (C=O) groups is 1. The Hall–Kier alpha value is -1.36. The smallest absolute Gasteiger partial charge is 0.241 e. The SMILES string of the molecule is CCCc1nc(Cl)c(C)c(NCC(=O)N(C)CC)n1. The van der Waals surface area contributed by atoms with Crippen molar-refractivity contribution in [1.29, 1.82) is 0 Å². The highest BCUT2D eigenvalue weighted by atomic mass is 35.5. The number of anilines is 1. The van der Waals surface area contributed by atoms with Gasteiger partial charge in [-0.25, -0.2) is 9.97 Å². The van der Waals surface area contributed by atoms with Crippen molar-refractivity contribution < 1.29 is 4.79 Å². The van der Waals surface area contributed by atoms with Crippen molar-refractivity contribution in [3.63, 3.8) is 0 Å². The summed E-state index contributed by atoms with van der Waals surface area (Å²) in [5, 5.41) is 3.48. The zero-order valence-electron chi connectivity index (χ0n) is 12.0. The highest BCUT2D eigenvalue weighted by Gasteiger charge is 2.11. The van der Waals surface area contributed by atoms with Gasteiger partial charge in [0, 0.05) is 25.6 Å². The summed E-state index contributed by atoms with van der Waals surface area (Å²) in [5.41, 5.74) is 0.772. The van der Waals surface area contributed by atoms with Gasteiger partial charge in [0.25, 0.3) is 0 Å². The van der Waals surface area contributed by atoms with Crippen LogP contribution >= 0.6 is 11.6 Å². The van der Waals surface area contributed by atoms with Crippen LogP contribution < -0.4 is 5.32 Å². The number of amides is 1. The van der Waals surface area contributed by atoms with Crippen LogP contribution in [-0.2, 0) is 11.2 Å². The van der Waals surface area contributed by atoms with E-state index in [2.05, 4.69) is 22.2 Å². The van der Waals surface area contributed by atoms with E-state index in [4.69, 9.17) is 11.6 Å². The number of carbonyl (C=O) groups excluding carboxylic acids is 1. The number of hydrogen-bond acceptors (Lipinski definition) is 4. The minimum absolute atomic E-state index is 0.0219. The summed E-state index contributed by atoms with van der Waals surface area (Å²) in [4.78, 5) is 22.0. The molecule has 1 aromatic rings. The second kappa shape index (κ2) is 7.28. The Kier molecular flexibility index (Phi) is 6.02. The lowest BCUT2D eigenvalue weighted by molar-refractivity contribution is -0.127. The van der Waals surface area contributed by atoms with Crippen molar-refractivity contribution in [3.05, 3.63) is 16.5 Å². The van der Waals surface area contributed by atoms with Crippen LogP contribution in [0.4, 0.5) is 5.82 Å². The molecule has 5 nitrogen and oxygen atoms in total. The van der Waals surface area contributed by atoms with E-state index < -0.39 is 0 Å². The molecular formula is C13H21ClN4O. The Labute approximate surface area is 119 Å². The maximum absolute atomic E-state index is 11.7. The average Bonchev–Trinajstić information content (AvgIpc) is 2.40. The summed E-state index contributed by atoms with van der Waals surface area (Å²) in [7, 11) is 1.77. The molecule has 0 aliphatic rings. The van der Waals surface area contributed by atoms with Gasteiger partial charge in [-0.1, -0.05) is 18.5 Å². The molecule has 0 atom stereocenters. The zero-order valence-corrected chi connectivity index (χ0v) is 12.7. The molecule has 0 unspecified atom stereocenters. The summed E-state index contributed by atoms with van der Waals surface area (Å²) in [6, 6.07) is 0. The number of likely N-dealkylation sites (N-methyl/N-ethyl adjacent to an activating group) is 1. The van der Waals surface area contributed by atoms with Gasteiger partial charge in [-0.3, -0.25) is 4.79 Å². The summed E-state index contributed by atoms with van der Waals surface area (Å²) in [6.07, 6.45) is 1.73. The molecule has 0 bridgehead atoms. The minimum atomic E-state index is 0.0219. The number of nitrogens with one attached hydrogen (secondary N) is 1. The molecule has 1 heterocycles. The van der Waals surface area contributed by atoms with Gasteiger partial charge in [-0.05, 0) is 20.3 Å². The third kappa shape index (κ3) is 4.35. The van der Waals surface area contributed by atoms with Crippen molar-refractivity contribution in [2.45, 2.75) is 33.6 Å². The van der Waals surface area contributed by atoms with Gasteiger partial charge in [0.2, 0.25) is 5.91 Å². The molecule has 1 rings (SSSR count). The van der Waals surface area contributed by atoms with Crippen molar-refractivity contribution in [3.8, 4) is 0 Å². The van der Waals surface area contributed by atoms with Crippen LogP contribution in [0.1, 0.15) is 31.7 Å². The minimum Gasteiger partial charge on any atom is -0.361 e. The number of nitrogens with zero attached hydrogens (tertiary/aromatic N) is 3. The second-order valence-corrected chi connectivity index (χ2v) is 4.77. The van der Waals surface area contributed by atoms with Crippen LogP contribution in [0.15, 0.2) is 0 Å². The maximum atomic E-state index is 11.7. The summed E-state index contributed by atoms with van der Waals surface area (Å²) in [5.74, 6) is 1.37. The quantitative estimate of drug-likeness (QED) is 0.814. The third-order valence-corrected chi connectivity index (χ3v) is 3.28. The molecule has 0 aliphatic heterocycles. The maximum Gasteiger partial charge on any atom is 0.241 e. The van der Waals surface area contributed by atoms with E-state index in [9.17, 15) is 4.79 Å². The Bertz CT molecular complexity index is 451. The van der Waals surface area contributed by atoms with E-state index >= 15 is 0 Å². The first-order valence-corrected chi connectivity index (χ1v) is 6.88. The first kappa shape index (κ1) is 15.7. The van der Waals surface area contributed by atoms with E-state index in [0.29, 0.717) is 23.3 Å².